The maximum atomic E-state index is 2.84. The second-order valence-corrected chi connectivity index (χ2v) is 17.4. The molecule has 3 aliphatic carbocycles. The van der Waals surface area contributed by atoms with E-state index in [2.05, 4.69) is 104 Å². The van der Waals surface area contributed by atoms with Crippen molar-refractivity contribution in [2.75, 3.05) is 0 Å². The highest BCUT2D eigenvalue weighted by atomic mass is 14.8. The zero-order valence-electron chi connectivity index (χ0n) is 30.4. The molecule has 0 aliphatic heterocycles. The van der Waals surface area contributed by atoms with Gasteiger partial charge in [-0.1, -0.05) is 136 Å². The first-order valence-electron chi connectivity index (χ1n) is 18.7. The van der Waals surface area contributed by atoms with E-state index in [4.69, 9.17) is 0 Å². The van der Waals surface area contributed by atoms with E-state index in [9.17, 15) is 0 Å². The highest BCUT2D eigenvalue weighted by molar-refractivity contribution is 5.19. The van der Waals surface area contributed by atoms with E-state index in [0.717, 1.165) is 76.9 Å². The van der Waals surface area contributed by atoms with Crippen molar-refractivity contribution in [2.24, 2.45) is 93.2 Å². The van der Waals surface area contributed by atoms with Gasteiger partial charge in [0.25, 0.3) is 0 Å². The van der Waals surface area contributed by atoms with Gasteiger partial charge in [-0.3, -0.25) is 0 Å². The SMILES string of the molecule is CCCC(C(CC)CC(C)CC)C1CC2(C)CC3(C)C(CC)C(C)C(C(C)C)C(C)C3(CC)C(C)C2C(C)C1C. The lowest BCUT2D eigenvalue weighted by Crippen LogP contribution is -2.69. The van der Waals surface area contributed by atoms with Crippen molar-refractivity contribution < 1.29 is 0 Å². The van der Waals surface area contributed by atoms with Gasteiger partial charge in [-0.15, -0.1) is 0 Å². The molecule has 0 aromatic carbocycles. The van der Waals surface area contributed by atoms with E-state index >= 15 is 0 Å². The highest BCUT2D eigenvalue weighted by Crippen LogP contribution is 2.77. The molecule has 40 heavy (non-hydrogen) atoms. The van der Waals surface area contributed by atoms with Crippen LogP contribution in [0.4, 0.5) is 0 Å². The van der Waals surface area contributed by atoms with Crippen molar-refractivity contribution in [1.29, 1.82) is 0 Å². The van der Waals surface area contributed by atoms with Gasteiger partial charge in [0.15, 0.2) is 0 Å². The molecule has 0 amide bonds. The van der Waals surface area contributed by atoms with E-state index in [-0.39, 0.29) is 0 Å². The van der Waals surface area contributed by atoms with Crippen LogP contribution in [0.3, 0.4) is 0 Å². The van der Waals surface area contributed by atoms with Gasteiger partial charge in [0.05, 0.1) is 0 Å². The van der Waals surface area contributed by atoms with Crippen LogP contribution in [0.15, 0.2) is 0 Å². The van der Waals surface area contributed by atoms with Crippen LogP contribution < -0.4 is 0 Å². The van der Waals surface area contributed by atoms with Crippen molar-refractivity contribution >= 4 is 0 Å². The normalized spacial score (nSPS) is 47.9. The molecule has 15 unspecified atom stereocenters. The van der Waals surface area contributed by atoms with Gasteiger partial charge in [-0.05, 0) is 119 Å². The minimum absolute atomic E-state index is 0.442. The van der Waals surface area contributed by atoms with Crippen LogP contribution >= 0.6 is 0 Å². The van der Waals surface area contributed by atoms with Crippen LogP contribution in [0.2, 0.25) is 0 Å². The Morgan fingerprint density at radius 2 is 1.40 bits per heavy atom. The van der Waals surface area contributed by atoms with Crippen LogP contribution in [-0.4, -0.2) is 0 Å². The quantitative estimate of drug-likeness (QED) is 0.237. The molecule has 3 aliphatic rings. The summed E-state index contributed by atoms with van der Waals surface area (Å²) in [4.78, 5) is 0. The monoisotopic (exact) mass is 557 g/mol. The van der Waals surface area contributed by atoms with Crippen LogP contribution in [-0.2, 0) is 0 Å². The first-order valence-corrected chi connectivity index (χ1v) is 18.7. The minimum atomic E-state index is 0.442. The number of rotatable bonds is 11. The third-order valence-electron chi connectivity index (χ3n) is 15.7. The Morgan fingerprint density at radius 3 is 1.88 bits per heavy atom. The fraction of sp³-hybridized carbons (Fsp3) is 1.00. The predicted octanol–water partition coefficient (Wildman–Crippen LogP) is 12.8. The summed E-state index contributed by atoms with van der Waals surface area (Å²) < 4.78 is 0. The third-order valence-corrected chi connectivity index (χ3v) is 15.7. The molecule has 0 heteroatoms. The second-order valence-electron chi connectivity index (χ2n) is 17.4. The average Bonchev–Trinajstić information content (AvgIpc) is 2.88. The molecule has 0 aromatic heterocycles. The van der Waals surface area contributed by atoms with Gasteiger partial charge < -0.3 is 0 Å². The van der Waals surface area contributed by atoms with Crippen molar-refractivity contribution in [1.82, 2.24) is 0 Å². The molecule has 3 rings (SSSR count). The largest absolute Gasteiger partial charge is 0.0654 e. The summed E-state index contributed by atoms with van der Waals surface area (Å²) in [5, 5.41) is 0. The molecule has 3 fully saturated rings. The lowest BCUT2D eigenvalue weighted by atomic mass is 9.29. The van der Waals surface area contributed by atoms with Gasteiger partial charge in [0, 0.05) is 0 Å². The molecule has 0 spiro atoms. The molecule has 0 radical (unpaired) electrons. The predicted molar refractivity (Wildman–Crippen MR) is 179 cm³/mol. The van der Waals surface area contributed by atoms with Crippen molar-refractivity contribution in [3.05, 3.63) is 0 Å². The Hall–Kier alpha value is 0. The van der Waals surface area contributed by atoms with Crippen LogP contribution in [0.1, 0.15) is 162 Å². The molecule has 0 heterocycles. The molecular weight excluding hydrogens is 480 g/mol. The molecule has 0 saturated heterocycles. The maximum absolute atomic E-state index is 2.84. The van der Waals surface area contributed by atoms with Crippen molar-refractivity contribution in [3.8, 4) is 0 Å². The van der Waals surface area contributed by atoms with Gasteiger partial charge >= 0.3 is 0 Å². The Balaban J connectivity index is 2.13. The summed E-state index contributed by atoms with van der Waals surface area (Å²) in [6.07, 6.45) is 12.7. The van der Waals surface area contributed by atoms with E-state index in [1.807, 2.05) is 0 Å². The summed E-state index contributed by atoms with van der Waals surface area (Å²) in [5.74, 6) is 11.1. The van der Waals surface area contributed by atoms with Crippen LogP contribution in [0, 0.1) is 93.2 Å². The number of hydrogen-bond donors (Lipinski definition) is 0. The zero-order valence-corrected chi connectivity index (χ0v) is 30.4. The lowest BCUT2D eigenvalue weighted by molar-refractivity contribution is -0.273. The molecule has 0 nitrogen and oxygen atoms in total. The summed E-state index contributed by atoms with van der Waals surface area (Å²) >= 11 is 0. The van der Waals surface area contributed by atoms with E-state index in [1.165, 1.54) is 57.8 Å². The summed E-state index contributed by atoms with van der Waals surface area (Å²) in [6, 6.07) is 0. The number of hydrogen-bond acceptors (Lipinski definition) is 0. The lowest BCUT2D eigenvalue weighted by Gasteiger charge is -2.75. The zero-order chi connectivity index (χ0) is 30.4. The minimum Gasteiger partial charge on any atom is -0.0654 e. The standard InChI is InChI=1S/C40H76/c1-16-21-33(32(18-3)22-26(8)17-2)34-23-38(14)24-39(15)35(19-4)29(11)36(25(6)7)30(12)40(39,20-5)31(13)37(38)28(10)27(34)9/h25-37H,16-24H2,1-15H3. The first-order chi connectivity index (χ1) is 18.7. The Morgan fingerprint density at radius 1 is 0.775 bits per heavy atom. The number of fused-ring (bicyclic) bond motifs is 2. The first kappa shape index (κ1) is 34.5. The van der Waals surface area contributed by atoms with Crippen LogP contribution in [0.25, 0.3) is 0 Å². The third kappa shape index (κ3) is 5.20. The van der Waals surface area contributed by atoms with E-state index in [1.54, 1.807) is 0 Å². The van der Waals surface area contributed by atoms with Crippen molar-refractivity contribution in [2.45, 2.75) is 162 Å². The Bertz CT molecular complexity index is 796. The molecular formula is C40H76. The maximum Gasteiger partial charge on any atom is -0.0186 e. The van der Waals surface area contributed by atoms with Gasteiger partial charge in [0.2, 0.25) is 0 Å². The second kappa shape index (κ2) is 12.9. The van der Waals surface area contributed by atoms with Crippen molar-refractivity contribution in [3.63, 3.8) is 0 Å². The van der Waals surface area contributed by atoms with E-state index < -0.39 is 0 Å². The average molecular weight is 557 g/mol. The fourth-order valence-corrected chi connectivity index (χ4v) is 14.4. The summed E-state index contributed by atoms with van der Waals surface area (Å²) in [6.45, 7) is 39.4. The van der Waals surface area contributed by atoms with Gasteiger partial charge in [0.1, 0.15) is 0 Å². The summed E-state index contributed by atoms with van der Waals surface area (Å²) in [5.41, 5.74) is 1.38. The molecule has 0 bridgehead atoms. The fourth-order valence-electron chi connectivity index (χ4n) is 14.4. The Kier molecular flexibility index (Phi) is 11.1. The smallest absolute Gasteiger partial charge is 0.0186 e. The summed E-state index contributed by atoms with van der Waals surface area (Å²) in [7, 11) is 0. The molecule has 3 saturated carbocycles. The van der Waals surface area contributed by atoms with E-state index in [0.29, 0.717) is 16.2 Å². The molecule has 236 valence electrons. The van der Waals surface area contributed by atoms with Gasteiger partial charge in [-0.2, -0.15) is 0 Å². The molecule has 0 aromatic rings. The highest BCUT2D eigenvalue weighted by Gasteiger charge is 2.71. The Labute approximate surface area is 254 Å². The van der Waals surface area contributed by atoms with Crippen LogP contribution in [0.5, 0.6) is 0 Å². The molecule has 0 N–H and O–H groups in total. The molecule has 15 atom stereocenters. The topological polar surface area (TPSA) is 0 Å². The van der Waals surface area contributed by atoms with Gasteiger partial charge in [-0.25, -0.2) is 0 Å².